The lowest BCUT2D eigenvalue weighted by Crippen LogP contribution is -2.35. The molecule has 1 aliphatic heterocycles. The molecule has 5 rings (SSSR count). The number of nitrogens with zero attached hydrogens (tertiary/aromatic N) is 4. The summed E-state index contributed by atoms with van der Waals surface area (Å²) in [5, 5.41) is 8.48. The van der Waals surface area contributed by atoms with Gasteiger partial charge in [-0.05, 0) is 31.6 Å². The number of hydrogen-bond acceptors (Lipinski definition) is 6. The summed E-state index contributed by atoms with van der Waals surface area (Å²) in [6.07, 6.45) is 7.57. The molecular weight excluding hydrogens is 320 g/mol. The van der Waals surface area contributed by atoms with Crippen LogP contribution in [0, 0.1) is 5.92 Å². The minimum Gasteiger partial charge on any atom is -0.438 e. The number of carbonyl (C=O) groups excluding carboxylic acids is 1. The molecule has 2 atom stereocenters. The molecule has 0 radical (unpaired) electrons. The fourth-order valence-corrected chi connectivity index (χ4v) is 4.60. The van der Waals surface area contributed by atoms with Crippen LogP contribution in [0.1, 0.15) is 73.0 Å². The lowest BCUT2D eigenvalue weighted by molar-refractivity contribution is 0.0742. The molecule has 0 unspecified atom stereocenters. The Labute approximate surface area is 145 Å². The van der Waals surface area contributed by atoms with Gasteiger partial charge in [0, 0.05) is 25.4 Å². The third-order valence-electron chi connectivity index (χ3n) is 6.11. The molecule has 1 saturated heterocycles. The van der Waals surface area contributed by atoms with Crippen molar-refractivity contribution in [3.63, 3.8) is 0 Å². The predicted octanol–water partition coefficient (Wildman–Crippen LogP) is 2.69. The standard InChI is InChI=1S/C18H22N4O3/c1-2-13-20-21-17(25-13)18-7-3-4-12(18)8-22(9-18)16(23)15-14(11-5-6-11)19-10-24-15/h10-12H,2-9H2,1H3/t12-,18-/m0/s1. The summed E-state index contributed by atoms with van der Waals surface area (Å²) >= 11 is 0. The summed E-state index contributed by atoms with van der Waals surface area (Å²) in [7, 11) is 0. The van der Waals surface area contributed by atoms with Crippen molar-refractivity contribution in [3.05, 3.63) is 29.6 Å². The highest BCUT2D eigenvalue weighted by molar-refractivity contribution is 5.93. The van der Waals surface area contributed by atoms with Gasteiger partial charge >= 0.3 is 0 Å². The van der Waals surface area contributed by atoms with Gasteiger partial charge in [-0.25, -0.2) is 4.98 Å². The van der Waals surface area contributed by atoms with Crippen LogP contribution in [0.2, 0.25) is 0 Å². The topological polar surface area (TPSA) is 85.3 Å². The largest absolute Gasteiger partial charge is 0.438 e. The number of carbonyl (C=O) groups is 1. The Bertz CT molecular complexity index is 809. The zero-order chi connectivity index (χ0) is 17.0. The lowest BCUT2D eigenvalue weighted by Gasteiger charge is -2.24. The van der Waals surface area contributed by atoms with E-state index in [4.69, 9.17) is 8.83 Å². The smallest absolute Gasteiger partial charge is 0.291 e. The van der Waals surface area contributed by atoms with Gasteiger partial charge in [-0.15, -0.1) is 10.2 Å². The quantitative estimate of drug-likeness (QED) is 0.849. The van der Waals surface area contributed by atoms with Gasteiger partial charge in [-0.1, -0.05) is 13.3 Å². The number of oxazole rings is 1. The van der Waals surface area contributed by atoms with Crippen molar-refractivity contribution in [2.75, 3.05) is 13.1 Å². The SMILES string of the molecule is CCc1nnc([C@]23CCC[C@H]2CN(C(=O)c2ocnc2C2CC2)C3)o1. The fourth-order valence-electron chi connectivity index (χ4n) is 4.60. The maximum Gasteiger partial charge on any atom is 0.291 e. The van der Waals surface area contributed by atoms with Gasteiger partial charge in [0.1, 0.15) is 0 Å². The van der Waals surface area contributed by atoms with Gasteiger partial charge in [-0.3, -0.25) is 4.79 Å². The molecule has 0 spiro atoms. The first-order valence-electron chi connectivity index (χ1n) is 9.27. The van der Waals surface area contributed by atoms with Crippen LogP contribution in [-0.2, 0) is 11.8 Å². The molecule has 0 bridgehead atoms. The molecule has 1 amide bonds. The highest BCUT2D eigenvalue weighted by Gasteiger charge is 2.55. The average molecular weight is 342 g/mol. The van der Waals surface area contributed by atoms with Gasteiger partial charge in [0.05, 0.1) is 11.1 Å². The van der Waals surface area contributed by atoms with Gasteiger partial charge in [-0.2, -0.15) is 0 Å². The molecule has 3 fully saturated rings. The number of aryl methyl sites for hydroxylation is 1. The van der Waals surface area contributed by atoms with Crippen LogP contribution in [0.25, 0.3) is 0 Å². The minimum atomic E-state index is -0.185. The molecule has 7 heteroatoms. The Morgan fingerprint density at radius 1 is 1.36 bits per heavy atom. The summed E-state index contributed by atoms with van der Waals surface area (Å²) in [5.74, 6) is 2.56. The Hall–Kier alpha value is -2.18. The van der Waals surface area contributed by atoms with Crippen molar-refractivity contribution in [1.82, 2.24) is 20.1 Å². The Balaban J connectivity index is 1.43. The third-order valence-corrected chi connectivity index (χ3v) is 6.11. The summed E-state index contributed by atoms with van der Waals surface area (Å²) in [5.41, 5.74) is 0.651. The van der Waals surface area contributed by atoms with E-state index in [1.54, 1.807) is 0 Å². The zero-order valence-corrected chi connectivity index (χ0v) is 14.4. The van der Waals surface area contributed by atoms with Gasteiger partial charge < -0.3 is 13.7 Å². The Kier molecular flexibility index (Phi) is 3.27. The first kappa shape index (κ1) is 15.1. The number of aromatic nitrogens is 3. The summed E-state index contributed by atoms with van der Waals surface area (Å²) < 4.78 is 11.4. The Morgan fingerprint density at radius 3 is 3.00 bits per heavy atom. The number of hydrogen-bond donors (Lipinski definition) is 0. The van der Waals surface area contributed by atoms with Crippen LogP contribution in [0.5, 0.6) is 0 Å². The van der Waals surface area contributed by atoms with Crippen molar-refractivity contribution in [1.29, 1.82) is 0 Å². The Morgan fingerprint density at radius 2 is 2.24 bits per heavy atom. The third kappa shape index (κ3) is 2.24. The zero-order valence-electron chi connectivity index (χ0n) is 14.4. The molecule has 2 aromatic rings. The first-order chi connectivity index (χ1) is 12.2. The highest BCUT2D eigenvalue weighted by atomic mass is 16.4. The van der Waals surface area contributed by atoms with Crippen molar-refractivity contribution >= 4 is 5.91 Å². The number of fused-ring (bicyclic) bond motifs is 1. The van der Waals surface area contributed by atoms with Crippen LogP contribution in [0.4, 0.5) is 0 Å². The van der Waals surface area contributed by atoms with Crippen LogP contribution >= 0.6 is 0 Å². The van der Waals surface area contributed by atoms with E-state index >= 15 is 0 Å². The van der Waals surface area contributed by atoms with E-state index in [1.165, 1.54) is 6.39 Å². The molecule has 25 heavy (non-hydrogen) atoms. The van der Waals surface area contributed by atoms with E-state index in [-0.39, 0.29) is 11.3 Å². The summed E-state index contributed by atoms with van der Waals surface area (Å²) in [6, 6.07) is 0. The molecule has 3 heterocycles. The first-order valence-corrected chi connectivity index (χ1v) is 9.27. The molecule has 2 aromatic heterocycles. The second kappa shape index (κ2) is 5.41. The van der Waals surface area contributed by atoms with E-state index in [0.29, 0.717) is 35.9 Å². The molecule has 2 saturated carbocycles. The number of amides is 1. The van der Waals surface area contributed by atoms with Crippen molar-refractivity contribution < 1.29 is 13.6 Å². The molecular formula is C18H22N4O3. The van der Waals surface area contributed by atoms with Gasteiger partial charge in [0.15, 0.2) is 6.39 Å². The maximum atomic E-state index is 13.1. The van der Waals surface area contributed by atoms with Gasteiger partial charge in [0.25, 0.3) is 5.91 Å². The fraction of sp³-hybridized carbons (Fsp3) is 0.667. The molecule has 0 aromatic carbocycles. The minimum absolute atomic E-state index is 0.0385. The molecule has 0 N–H and O–H groups in total. The van der Waals surface area contributed by atoms with E-state index in [1.807, 2.05) is 11.8 Å². The molecule has 7 nitrogen and oxygen atoms in total. The van der Waals surface area contributed by atoms with Crippen LogP contribution < -0.4 is 0 Å². The average Bonchev–Trinajstić information content (AvgIpc) is 3.05. The highest BCUT2D eigenvalue weighted by Crippen LogP contribution is 2.50. The van der Waals surface area contributed by atoms with E-state index in [9.17, 15) is 4.79 Å². The lowest BCUT2D eigenvalue weighted by atomic mass is 9.80. The molecule has 2 aliphatic carbocycles. The number of rotatable bonds is 4. The van der Waals surface area contributed by atoms with Crippen molar-refractivity contribution in [2.45, 2.75) is 56.8 Å². The van der Waals surface area contributed by atoms with Crippen LogP contribution in [0.3, 0.4) is 0 Å². The second-order valence-electron chi connectivity index (χ2n) is 7.63. The van der Waals surface area contributed by atoms with Crippen molar-refractivity contribution in [3.8, 4) is 0 Å². The second-order valence-corrected chi connectivity index (χ2v) is 7.63. The molecule has 132 valence electrons. The van der Waals surface area contributed by atoms with E-state index in [2.05, 4.69) is 15.2 Å². The number of likely N-dealkylation sites (tertiary alicyclic amines) is 1. The summed E-state index contributed by atoms with van der Waals surface area (Å²) in [4.78, 5) is 19.2. The predicted molar refractivity (Wildman–Crippen MR) is 87.1 cm³/mol. The maximum absolute atomic E-state index is 13.1. The normalized spacial score (nSPS) is 28.5. The summed E-state index contributed by atoms with van der Waals surface area (Å²) in [6.45, 7) is 3.37. The van der Waals surface area contributed by atoms with Crippen LogP contribution in [0.15, 0.2) is 15.2 Å². The van der Waals surface area contributed by atoms with E-state index in [0.717, 1.165) is 50.8 Å². The van der Waals surface area contributed by atoms with Crippen LogP contribution in [-0.4, -0.2) is 39.1 Å². The monoisotopic (exact) mass is 342 g/mol. The van der Waals surface area contributed by atoms with Crippen molar-refractivity contribution in [2.24, 2.45) is 5.92 Å². The van der Waals surface area contributed by atoms with Gasteiger partial charge in [0.2, 0.25) is 17.5 Å². The van der Waals surface area contributed by atoms with E-state index < -0.39 is 0 Å². The molecule has 3 aliphatic rings.